The Hall–Kier alpha value is -1.35. The quantitative estimate of drug-likeness (QED) is 0.758. The first-order chi connectivity index (χ1) is 8.70. The van der Waals surface area contributed by atoms with Gasteiger partial charge < -0.3 is 9.64 Å². The summed E-state index contributed by atoms with van der Waals surface area (Å²) in [6.45, 7) is 0.908. The summed E-state index contributed by atoms with van der Waals surface area (Å²) in [5, 5.41) is 0. The number of piperidine rings is 1. The first-order valence-corrected chi connectivity index (χ1v) is 6.60. The van der Waals surface area contributed by atoms with Gasteiger partial charge in [-0.25, -0.2) is 0 Å². The zero-order valence-electron chi connectivity index (χ0n) is 11.0. The molecule has 2 atom stereocenters. The molecule has 2 unspecified atom stereocenters. The van der Waals surface area contributed by atoms with E-state index in [1.807, 2.05) is 6.07 Å². The van der Waals surface area contributed by atoms with Gasteiger partial charge in [-0.1, -0.05) is 6.07 Å². The van der Waals surface area contributed by atoms with Gasteiger partial charge in [0.2, 0.25) is 0 Å². The van der Waals surface area contributed by atoms with Gasteiger partial charge in [0, 0.05) is 19.0 Å². The fraction of sp³-hybridized carbons (Fsp3) is 0.533. The molecule has 0 bridgehead atoms. The number of carbonyl (C=O) groups excluding carboxylic acids is 1. The average Bonchev–Trinajstić information content (AvgIpc) is 2.41. The maximum absolute atomic E-state index is 12.2. The zero-order valence-corrected chi connectivity index (χ0v) is 11.0. The van der Waals surface area contributed by atoms with E-state index < -0.39 is 0 Å². The molecule has 96 valence electrons. The molecule has 1 fully saturated rings. The Morgan fingerprint density at radius 3 is 2.94 bits per heavy atom. The summed E-state index contributed by atoms with van der Waals surface area (Å²) in [5.41, 5.74) is 2.52. The first kappa shape index (κ1) is 11.7. The molecule has 0 radical (unpaired) electrons. The number of methoxy groups -OCH3 is 1. The van der Waals surface area contributed by atoms with Gasteiger partial charge in [0.1, 0.15) is 11.5 Å². The zero-order chi connectivity index (χ0) is 12.7. The number of likely N-dealkylation sites (N-methyl/N-ethyl adjacent to an activating group) is 1. The highest BCUT2D eigenvalue weighted by atomic mass is 16.5. The smallest absolute Gasteiger partial charge is 0.143 e. The maximum atomic E-state index is 12.2. The standard InChI is InChI=1S/C15H19NO2/c1-16-8-7-14(17)15-12-5-4-11(18-2)9-10(12)3-6-13(15)16/h4-5,9,13,15H,3,6-8H2,1-2H3. The van der Waals surface area contributed by atoms with E-state index in [0.29, 0.717) is 18.2 Å². The van der Waals surface area contributed by atoms with Crippen LogP contribution in [0.3, 0.4) is 0 Å². The van der Waals surface area contributed by atoms with E-state index in [4.69, 9.17) is 4.74 Å². The van der Waals surface area contributed by atoms with Gasteiger partial charge in [0.25, 0.3) is 0 Å². The summed E-state index contributed by atoms with van der Waals surface area (Å²) in [4.78, 5) is 14.6. The van der Waals surface area contributed by atoms with Crippen molar-refractivity contribution in [2.75, 3.05) is 20.7 Å². The number of hydrogen-bond donors (Lipinski definition) is 0. The Labute approximate surface area is 108 Å². The molecule has 3 rings (SSSR count). The van der Waals surface area contributed by atoms with Crippen molar-refractivity contribution in [3.05, 3.63) is 29.3 Å². The van der Waals surface area contributed by atoms with E-state index in [2.05, 4.69) is 24.1 Å². The highest BCUT2D eigenvalue weighted by Gasteiger charge is 2.39. The van der Waals surface area contributed by atoms with Gasteiger partial charge in [0.05, 0.1) is 13.0 Å². The van der Waals surface area contributed by atoms with Gasteiger partial charge in [-0.05, 0) is 43.1 Å². The molecule has 1 aromatic carbocycles. The summed E-state index contributed by atoms with van der Waals surface area (Å²) < 4.78 is 5.27. The van der Waals surface area contributed by atoms with Gasteiger partial charge in [-0.3, -0.25) is 4.79 Å². The molecule has 3 heteroatoms. The molecule has 1 aliphatic heterocycles. The van der Waals surface area contributed by atoms with Gasteiger partial charge in [-0.15, -0.1) is 0 Å². The number of rotatable bonds is 1. The van der Waals surface area contributed by atoms with Crippen LogP contribution < -0.4 is 4.74 Å². The molecule has 0 N–H and O–H groups in total. The van der Waals surface area contributed by atoms with Crippen LogP contribution in [0.1, 0.15) is 29.9 Å². The third-order valence-corrected chi connectivity index (χ3v) is 4.40. The first-order valence-electron chi connectivity index (χ1n) is 6.60. The van der Waals surface area contributed by atoms with E-state index in [1.54, 1.807) is 7.11 Å². The lowest BCUT2D eigenvalue weighted by atomic mass is 9.74. The maximum Gasteiger partial charge on any atom is 0.143 e. The topological polar surface area (TPSA) is 29.5 Å². The highest BCUT2D eigenvalue weighted by Crippen LogP contribution is 2.39. The molecule has 1 saturated heterocycles. The van der Waals surface area contributed by atoms with Gasteiger partial charge in [-0.2, -0.15) is 0 Å². The van der Waals surface area contributed by atoms with Crippen molar-refractivity contribution in [2.45, 2.75) is 31.2 Å². The van der Waals surface area contributed by atoms with Gasteiger partial charge >= 0.3 is 0 Å². The van der Waals surface area contributed by atoms with Crippen molar-refractivity contribution in [1.29, 1.82) is 0 Å². The molecule has 2 aliphatic rings. The summed E-state index contributed by atoms with van der Waals surface area (Å²) >= 11 is 0. The predicted octanol–water partition coefficient (Wildman–Crippen LogP) is 2.00. The van der Waals surface area contributed by atoms with Crippen LogP contribution >= 0.6 is 0 Å². The van der Waals surface area contributed by atoms with Crippen LogP contribution in [0, 0.1) is 0 Å². The van der Waals surface area contributed by atoms with Crippen LogP contribution in [-0.2, 0) is 11.2 Å². The molecule has 18 heavy (non-hydrogen) atoms. The molecule has 0 saturated carbocycles. The Kier molecular flexibility index (Phi) is 2.86. The summed E-state index contributed by atoms with van der Waals surface area (Å²) in [6.07, 6.45) is 2.81. The van der Waals surface area contributed by atoms with Crippen LogP contribution in [0.25, 0.3) is 0 Å². The van der Waals surface area contributed by atoms with Gasteiger partial charge in [0.15, 0.2) is 0 Å². The number of hydrogen-bond acceptors (Lipinski definition) is 3. The number of carbonyl (C=O) groups is 1. The second-order valence-corrected chi connectivity index (χ2v) is 5.35. The molecule has 1 aromatic rings. The third kappa shape index (κ3) is 1.74. The lowest BCUT2D eigenvalue weighted by molar-refractivity contribution is -0.125. The number of ketones is 1. The molecule has 3 nitrogen and oxygen atoms in total. The van der Waals surface area contributed by atoms with Crippen LogP contribution in [0.5, 0.6) is 5.75 Å². The molecule has 0 amide bonds. The number of benzene rings is 1. The van der Waals surface area contributed by atoms with Crippen LogP contribution in [0.15, 0.2) is 18.2 Å². The van der Waals surface area contributed by atoms with E-state index in [0.717, 1.165) is 25.1 Å². The normalized spacial score (nSPS) is 27.6. The summed E-state index contributed by atoms with van der Waals surface area (Å²) in [6, 6.07) is 6.55. The van der Waals surface area contributed by atoms with Crippen molar-refractivity contribution in [1.82, 2.24) is 4.90 Å². The minimum absolute atomic E-state index is 0.0819. The molecule has 0 aromatic heterocycles. The Bertz CT molecular complexity index is 483. The number of fused-ring (bicyclic) bond motifs is 3. The minimum atomic E-state index is 0.0819. The second-order valence-electron chi connectivity index (χ2n) is 5.35. The Morgan fingerprint density at radius 1 is 1.33 bits per heavy atom. The lowest BCUT2D eigenvalue weighted by Crippen LogP contribution is -2.48. The SMILES string of the molecule is COc1ccc2c(c1)CCC1C2C(=O)CCN1C. The van der Waals surface area contributed by atoms with E-state index in [-0.39, 0.29) is 5.92 Å². The lowest BCUT2D eigenvalue weighted by Gasteiger charge is -2.42. The van der Waals surface area contributed by atoms with Crippen molar-refractivity contribution in [3.63, 3.8) is 0 Å². The summed E-state index contributed by atoms with van der Waals surface area (Å²) in [7, 11) is 3.82. The molecule has 1 heterocycles. The average molecular weight is 245 g/mol. The fourth-order valence-electron chi connectivity index (χ4n) is 3.38. The fourth-order valence-corrected chi connectivity index (χ4v) is 3.38. The number of Topliss-reactive ketones (excluding diaryl/α,β-unsaturated/α-hetero) is 1. The third-order valence-electron chi connectivity index (χ3n) is 4.40. The van der Waals surface area contributed by atoms with Crippen LogP contribution in [0.2, 0.25) is 0 Å². The summed E-state index contributed by atoms with van der Waals surface area (Å²) in [5.74, 6) is 1.38. The monoisotopic (exact) mass is 245 g/mol. The van der Waals surface area contributed by atoms with Crippen LogP contribution in [0.4, 0.5) is 0 Å². The Morgan fingerprint density at radius 2 is 2.17 bits per heavy atom. The number of aryl methyl sites for hydroxylation is 1. The predicted molar refractivity (Wildman–Crippen MR) is 70.1 cm³/mol. The molecular formula is C15H19NO2. The van der Waals surface area contributed by atoms with Crippen molar-refractivity contribution in [3.8, 4) is 5.75 Å². The number of ether oxygens (including phenoxy) is 1. The highest BCUT2D eigenvalue weighted by molar-refractivity contribution is 5.88. The molecular weight excluding hydrogens is 226 g/mol. The number of likely N-dealkylation sites (tertiary alicyclic amines) is 1. The second kappa shape index (κ2) is 4.39. The van der Waals surface area contributed by atoms with Crippen LogP contribution in [-0.4, -0.2) is 37.4 Å². The Balaban J connectivity index is 2.02. The van der Waals surface area contributed by atoms with Crippen molar-refractivity contribution < 1.29 is 9.53 Å². The largest absolute Gasteiger partial charge is 0.497 e. The van der Waals surface area contributed by atoms with E-state index in [1.165, 1.54) is 11.1 Å². The minimum Gasteiger partial charge on any atom is -0.497 e. The number of nitrogens with zero attached hydrogens (tertiary/aromatic N) is 1. The molecule has 0 spiro atoms. The van der Waals surface area contributed by atoms with Crippen molar-refractivity contribution >= 4 is 5.78 Å². The van der Waals surface area contributed by atoms with Crippen molar-refractivity contribution in [2.24, 2.45) is 0 Å². The molecule has 1 aliphatic carbocycles. The van der Waals surface area contributed by atoms with E-state index in [9.17, 15) is 4.79 Å². The van der Waals surface area contributed by atoms with E-state index >= 15 is 0 Å².